The van der Waals surface area contributed by atoms with Gasteiger partial charge in [0.2, 0.25) is 5.91 Å². The van der Waals surface area contributed by atoms with Gasteiger partial charge in [0.15, 0.2) is 5.54 Å². The molecule has 0 atom stereocenters. The van der Waals surface area contributed by atoms with Crippen LogP contribution in [-0.2, 0) is 19.9 Å². The number of hydrogen-bond acceptors (Lipinski definition) is 5. The molecule has 1 aromatic rings. The zero-order valence-electron chi connectivity index (χ0n) is 12.2. The van der Waals surface area contributed by atoms with E-state index >= 15 is 0 Å². The summed E-state index contributed by atoms with van der Waals surface area (Å²) in [6, 6.07) is 0. The van der Waals surface area contributed by atoms with Crippen molar-refractivity contribution in [2.24, 2.45) is 5.73 Å². The maximum atomic E-state index is 11.9. The Morgan fingerprint density at radius 3 is 2.80 bits per heavy atom. The second kappa shape index (κ2) is 7.04. The van der Waals surface area contributed by atoms with Crippen LogP contribution in [0.3, 0.4) is 0 Å². The molecule has 0 aliphatic carbocycles. The lowest BCUT2D eigenvalue weighted by Crippen LogP contribution is -2.37. The highest BCUT2D eigenvalue weighted by Gasteiger charge is 2.32. The molecule has 1 aromatic heterocycles. The van der Waals surface area contributed by atoms with Crippen LogP contribution in [0.2, 0.25) is 0 Å². The number of nitrogens with zero attached hydrogens (tertiary/aromatic N) is 2. The SMILES string of the molecule is CCOC(=O)C(C)(C)n1cc(NC(=O)CCCN)cn1. The monoisotopic (exact) mass is 282 g/mol. The van der Waals surface area contributed by atoms with E-state index in [-0.39, 0.29) is 11.9 Å². The van der Waals surface area contributed by atoms with E-state index < -0.39 is 5.54 Å². The molecule has 0 radical (unpaired) electrons. The molecule has 112 valence electrons. The number of carbonyl (C=O) groups is 2. The summed E-state index contributed by atoms with van der Waals surface area (Å²) in [5.41, 5.74) is 4.97. The van der Waals surface area contributed by atoms with Gasteiger partial charge in [0, 0.05) is 12.6 Å². The number of nitrogens with two attached hydrogens (primary N) is 1. The summed E-state index contributed by atoms with van der Waals surface area (Å²) in [4.78, 5) is 23.4. The van der Waals surface area contributed by atoms with Crippen LogP contribution in [0.25, 0.3) is 0 Å². The summed E-state index contributed by atoms with van der Waals surface area (Å²) in [6.45, 7) is 5.95. The smallest absolute Gasteiger partial charge is 0.333 e. The van der Waals surface area contributed by atoms with E-state index in [4.69, 9.17) is 10.5 Å². The van der Waals surface area contributed by atoms with Crippen LogP contribution in [0, 0.1) is 0 Å². The summed E-state index contributed by atoms with van der Waals surface area (Å²) in [5.74, 6) is -0.493. The lowest BCUT2D eigenvalue weighted by molar-refractivity contribution is -0.152. The van der Waals surface area contributed by atoms with E-state index in [9.17, 15) is 9.59 Å². The van der Waals surface area contributed by atoms with Crippen LogP contribution in [0.4, 0.5) is 5.69 Å². The Bertz CT molecular complexity index is 468. The summed E-state index contributed by atoms with van der Waals surface area (Å²) in [6.07, 6.45) is 4.11. The first kappa shape index (κ1) is 16.2. The molecule has 0 saturated heterocycles. The molecule has 1 amide bonds. The van der Waals surface area contributed by atoms with Gasteiger partial charge in [-0.1, -0.05) is 0 Å². The number of ether oxygens (including phenoxy) is 1. The number of rotatable bonds is 7. The summed E-state index contributed by atoms with van der Waals surface area (Å²) in [5, 5.41) is 6.81. The molecule has 1 heterocycles. The van der Waals surface area contributed by atoms with Crippen molar-refractivity contribution in [1.29, 1.82) is 0 Å². The first-order valence-corrected chi connectivity index (χ1v) is 6.64. The molecule has 20 heavy (non-hydrogen) atoms. The fourth-order valence-corrected chi connectivity index (χ4v) is 1.58. The van der Waals surface area contributed by atoms with Crippen molar-refractivity contribution >= 4 is 17.6 Å². The van der Waals surface area contributed by atoms with Gasteiger partial charge in [-0.2, -0.15) is 5.10 Å². The summed E-state index contributed by atoms with van der Waals surface area (Å²) in [7, 11) is 0. The van der Waals surface area contributed by atoms with E-state index in [1.54, 1.807) is 27.0 Å². The van der Waals surface area contributed by atoms with Gasteiger partial charge in [-0.05, 0) is 33.7 Å². The van der Waals surface area contributed by atoms with E-state index in [1.165, 1.54) is 10.9 Å². The fraction of sp³-hybridized carbons (Fsp3) is 0.615. The van der Waals surface area contributed by atoms with Crippen molar-refractivity contribution < 1.29 is 14.3 Å². The van der Waals surface area contributed by atoms with Crippen LogP contribution < -0.4 is 11.1 Å². The number of esters is 1. The highest BCUT2D eigenvalue weighted by molar-refractivity contribution is 5.90. The predicted molar refractivity (Wildman–Crippen MR) is 75.1 cm³/mol. The molecule has 1 rings (SSSR count). The first-order valence-electron chi connectivity index (χ1n) is 6.64. The van der Waals surface area contributed by atoms with Crippen LogP contribution in [0.1, 0.15) is 33.6 Å². The maximum Gasteiger partial charge on any atom is 0.333 e. The van der Waals surface area contributed by atoms with Crippen molar-refractivity contribution in [3.05, 3.63) is 12.4 Å². The summed E-state index contributed by atoms with van der Waals surface area (Å²) < 4.78 is 6.48. The Kier molecular flexibility index (Phi) is 5.69. The Morgan fingerprint density at radius 1 is 1.50 bits per heavy atom. The lowest BCUT2D eigenvalue weighted by atomic mass is 10.1. The first-order chi connectivity index (χ1) is 9.41. The maximum absolute atomic E-state index is 11.9. The second-order valence-corrected chi connectivity index (χ2v) is 4.89. The number of amides is 1. The average molecular weight is 282 g/mol. The molecule has 0 aliphatic rings. The van der Waals surface area contributed by atoms with Crippen LogP contribution in [0.5, 0.6) is 0 Å². The minimum absolute atomic E-state index is 0.121. The van der Waals surface area contributed by atoms with Gasteiger partial charge in [-0.25, -0.2) is 4.79 Å². The molecule has 3 N–H and O–H groups in total. The molecular weight excluding hydrogens is 260 g/mol. The van der Waals surface area contributed by atoms with Crippen molar-refractivity contribution in [1.82, 2.24) is 9.78 Å². The number of aromatic nitrogens is 2. The molecule has 0 saturated carbocycles. The minimum atomic E-state index is -0.920. The van der Waals surface area contributed by atoms with Gasteiger partial charge in [-0.15, -0.1) is 0 Å². The average Bonchev–Trinajstić information content (AvgIpc) is 2.85. The zero-order chi connectivity index (χ0) is 15.2. The van der Waals surface area contributed by atoms with E-state index in [0.29, 0.717) is 31.7 Å². The molecule has 0 unspecified atom stereocenters. The Balaban J connectivity index is 2.71. The standard InChI is InChI=1S/C13H22N4O3/c1-4-20-12(19)13(2,3)17-9-10(8-15-17)16-11(18)6-5-7-14/h8-9H,4-7,14H2,1-3H3,(H,16,18). The van der Waals surface area contributed by atoms with E-state index in [0.717, 1.165) is 0 Å². The van der Waals surface area contributed by atoms with E-state index in [2.05, 4.69) is 10.4 Å². The topological polar surface area (TPSA) is 99.2 Å². The predicted octanol–water partition coefficient (Wildman–Crippen LogP) is 0.859. The normalized spacial score (nSPS) is 11.2. The van der Waals surface area contributed by atoms with Gasteiger partial charge in [0.1, 0.15) is 0 Å². The van der Waals surface area contributed by atoms with E-state index in [1.807, 2.05) is 0 Å². The Morgan fingerprint density at radius 2 is 2.20 bits per heavy atom. The largest absolute Gasteiger partial charge is 0.464 e. The van der Waals surface area contributed by atoms with Gasteiger partial charge in [0.25, 0.3) is 0 Å². The van der Waals surface area contributed by atoms with Crippen molar-refractivity contribution in [2.75, 3.05) is 18.5 Å². The zero-order valence-corrected chi connectivity index (χ0v) is 12.2. The molecule has 0 aliphatic heterocycles. The van der Waals surface area contributed by atoms with Crippen molar-refractivity contribution in [3.63, 3.8) is 0 Å². The lowest BCUT2D eigenvalue weighted by Gasteiger charge is -2.22. The number of nitrogens with one attached hydrogen (secondary N) is 1. The third-order valence-electron chi connectivity index (χ3n) is 2.82. The van der Waals surface area contributed by atoms with Gasteiger partial charge in [0.05, 0.1) is 18.5 Å². The van der Waals surface area contributed by atoms with Crippen LogP contribution in [-0.4, -0.2) is 34.8 Å². The Hall–Kier alpha value is -1.89. The van der Waals surface area contributed by atoms with Crippen LogP contribution >= 0.6 is 0 Å². The highest BCUT2D eigenvalue weighted by Crippen LogP contribution is 2.19. The quantitative estimate of drug-likeness (QED) is 0.723. The third-order valence-corrected chi connectivity index (χ3v) is 2.82. The second-order valence-electron chi connectivity index (χ2n) is 4.89. The van der Waals surface area contributed by atoms with Gasteiger partial charge < -0.3 is 15.8 Å². The van der Waals surface area contributed by atoms with Crippen molar-refractivity contribution in [2.45, 2.75) is 39.2 Å². The summed E-state index contributed by atoms with van der Waals surface area (Å²) >= 11 is 0. The third kappa shape index (κ3) is 4.06. The molecule has 7 heteroatoms. The van der Waals surface area contributed by atoms with Gasteiger partial charge >= 0.3 is 5.97 Å². The molecule has 0 fully saturated rings. The number of carbonyl (C=O) groups excluding carboxylic acids is 2. The van der Waals surface area contributed by atoms with Crippen LogP contribution in [0.15, 0.2) is 12.4 Å². The Labute approximate surface area is 118 Å². The number of anilines is 1. The molecule has 0 spiro atoms. The molecular formula is C13H22N4O3. The fourth-order valence-electron chi connectivity index (χ4n) is 1.58. The minimum Gasteiger partial charge on any atom is -0.464 e. The van der Waals surface area contributed by atoms with Crippen molar-refractivity contribution in [3.8, 4) is 0 Å². The molecule has 0 aromatic carbocycles. The molecule has 0 bridgehead atoms. The van der Waals surface area contributed by atoms with Gasteiger partial charge in [-0.3, -0.25) is 9.48 Å². The highest BCUT2D eigenvalue weighted by atomic mass is 16.5. The molecule has 7 nitrogen and oxygen atoms in total. The number of hydrogen-bond donors (Lipinski definition) is 2.